The molecule has 0 unspecified atom stereocenters. The second kappa shape index (κ2) is 10.7. The molecule has 0 aliphatic carbocycles. The number of unbranched alkanes of at least 4 members (excludes halogenated alkanes) is 2. The molecule has 0 aromatic carbocycles. The maximum absolute atomic E-state index is 12.4. The minimum Gasteiger partial charge on any atom is -0.444 e. The summed E-state index contributed by atoms with van der Waals surface area (Å²) in [6, 6.07) is -0.630. The lowest BCUT2D eigenvalue weighted by Gasteiger charge is -2.27. The van der Waals surface area contributed by atoms with Gasteiger partial charge < -0.3 is 15.4 Å². The van der Waals surface area contributed by atoms with Crippen LogP contribution in [0.5, 0.6) is 0 Å². The van der Waals surface area contributed by atoms with Crippen molar-refractivity contribution in [2.24, 2.45) is 0 Å². The molecule has 0 saturated heterocycles. The fraction of sp³-hybridized carbons (Fsp3) is 0.833. The Balaban J connectivity index is 4.55. The lowest BCUT2D eigenvalue weighted by atomic mass is 10.0. The van der Waals surface area contributed by atoms with Gasteiger partial charge in [0.25, 0.3) is 0 Å². The van der Waals surface area contributed by atoms with E-state index in [4.69, 9.17) is 4.74 Å². The largest absolute Gasteiger partial charge is 0.444 e. The maximum atomic E-state index is 12.4. The molecule has 2 N–H and O–H groups in total. The van der Waals surface area contributed by atoms with Gasteiger partial charge in [-0.2, -0.15) is 0 Å². The molecule has 0 spiro atoms. The quantitative estimate of drug-likeness (QED) is 0.634. The summed E-state index contributed by atoms with van der Waals surface area (Å²) in [5, 5.41) is 5.69. The summed E-state index contributed by atoms with van der Waals surface area (Å²) in [6.45, 7) is 12.6. The Bertz CT molecular complexity index is 453. The molecule has 0 saturated carbocycles. The maximum Gasteiger partial charge on any atom is 0.408 e. The first-order valence-electron chi connectivity index (χ1n) is 8.75. The Morgan fingerprint density at radius 3 is 2.08 bits per heavy atom. The third kappa shape index (κ3) is 14.8. The fourth-order valence-electron chi connectivity index (χ4n) is 2.02. The highest BCUT2D eigenvalue weighted by atomic mass is 32.2. The molecule has 0 rings (SSSR count). The molecule has 1 atom stereocenters. The van der Waals surface area contributed by atoms with Crippen LogP contribution in [0.4, 0.5) is 4.79 Å². The van der Waals surface area contributed by atoms with Crippen LogP contribution in [0.1, 0.15) is 74.1 Å². The van der Waals surface area contributed by atoms with Crippen LogP contribution < -0.4 is 10.6 Å². The predicted octanol–water partition coefficient (Wildman–Crippen LogP) is 3.63. The van der Waals surface area contributed by atoms with Crippen LogP contribution in [-0.4, -0.2) is 40.1 Å². The third-order valence-corrected chi connectivity index (χ3v) is 3.85. The van der Waals surface area contributed by atoms with Crippen molar-refractivity contribution in [3.05, 3.63) is 0 Å². The van der Waals surface area contributed by atoms with Crippen LogP contribution in [0.2, 0.25) is 0 Å². The van der Waals surface area contributed by atoms with Gasteiger partial charge in [-0.3, -0.25) is 9.59 Å². The number of nitrogens with one attached hydrogen (secondary N) is 2. The van der Waals surface area contributed by atoms with Gasteiger partial charge in [0.1, 0.15) is 11.6 Å². The van der Waals surface area contributed by atoms with Gasteiger partial charge in [0.2, 0.25) is 5.91 Å². The zero-order chi connectivity index (χ0) is 19.7. The monoisotopic (exact) mass is 374 g/mol. The Kier molecular flexibility index (Phi) is 10.2. The molecule has 6 nitrogen and oxygen atoms in total. The molecule has 0 bridgehead atoms. The summed E-state index contributed by atoms with van der Waals surface area (Å²) < 4.78 is 5.25. The van der Waals surface area contributed by atoms with Crippen molar-refractivity contribution >= 4 is 28.9 Å². The normalized spacial score (nSPS) is 13.1. The highest BCUT2D eigenvalue weighted by Gasteiger charge is 2.26. The lowest BCUT2D eigenvalue weighted by molar-refractivity contribution is -0.124. The predicted molar refractivity (Wildman–Crippen MR) is 103 cm³/mol. The molecule has 0 heterocycles. The van der Waals surface area contributed by atoms with Crippen LogP contribution in [-0.2, 0) is 14.3 Å². The fourth-order valence-corrected chi connectivity index (χ4v) is 2.65. The molecule has 0 aromatic heterocycles. The Hall–Kier alpha value is -1.24. The molecule has 0 fully saturated rings. The zero-order valence-corrected chi connectivity index (χ0v) is 17.5. The summed E-state index contributed by atoms with van der Waals surface area (Å²) in [4.78, 5) is 35.3. The van der Waals surface area contributed by atoms with Gasteiger partial charge >= 0.3 is 6.09 Å². The second-order valence-electron chi connectivity index (χ2n) is 8.13. The standard InChI is InChI=1S/C18H34N2O4S/c1-13(21)25-12-10-8-9-11-14(15(22)20-17(2,3)4)19-16(23)24-18(5,6)7/h14H,8-12H2,1-7H3,(H,19,23)(H,20,22)/t14-/m0/s1. The van der Waals surface area contributed by atoms with Gasteiger partial charge in [0.05, 0.1) is 0 Å². The molecule has 2 amide bonds. The van der Waals surface area contributed by atoms with Crippen LogP contribution >= 0.6 is 11.8 Å². The van der Waals surface area contributed by atoms with Crippen molar-refractivity contribution in [2.45, 2.75) is 91.3 Å². The molecule has 146 valence electrons. The van der Waals surface area contributed by atoms with E-state index < -0.39 is 17.7 Å². The Morgan fingerprint density at radius 2 is 1.60 bits per heavy atom. The SMILES string of the molecule is CC(=O)SCCCCC[C@H](NC(=O)OC(C)(C)C)C(=O)NC(C)(C)C. The van der Waals surface area contributed by atoms with Crippen LogP contribution in [0.3, 0.4) is 0 Å². The van der Waals surface area contributed by atoms with Crippen molar-refractivity contribution in [1.82, 2.24) is 10.6 Å². The first-order chi connectivity index (χ1) is 11.3. The van der Waals surface area contributed by atoms with E-state index in [1.165, 1.54) is 11.8 Å². The van der Waals surface area contributed by atoms with Crippen LogP contribution in [0.25, 0.3) is 0 Å². The Morgan fingerprint density at radius 1 is 1.00 bits per heavy atom. The summed E-state index contributed by atoms with van der Waals surface area (Å²) in [5.41, 5.74) is -0.984. The van der Waals surface area contributed by atoms with Crippen LogP contribution in [0, 0.1) is 0 Å². The number of hydrogen-bond acceptors (Lipinski definition) is 5. The third-order valence-electron chi connectivity index (χ3n) is 2.95. The summed E-state index contributed by atoms with van der Waals surface area (Å²) in [6.07, 6.45) is 2.54. The van der Waals surface area contributed by atoms with Gasteiger partial charge in [0, 0.05) is 18.2 Å². The molecule has 25 heavy (non-hydrogen) atoms. The molecule has 7 heteroatoms. The van der Waals surface area contributed by atoms with Gasteiger partial charge in [-0.1, -0.05) is 24.6 Å². The summed E-state index contributed by atoms with van der Waals surface area (Å²) in [7, 11) is 0. The highest BCUT2D eigenvalue weighted by Crippen LogP contribution is 2.12. The number of alkyl carbamates (subject to hydrolysis) is 1. The number of carbonyl (C=O) groups excluding carboxylic acids is 3. The van der Waals surface area contributed by atoms with Crippen LogP contribution in [0.15, 0.2) is 0 Å². The highest BCUT2D eigenvalue weighted by molar-refractivity contribution is 8.13. The number of hydrogen-bond donors (Lipinski definition) is 2. The van der Waals surface area contributed by atoms with Crippen molar-refractivity contribution < 1.29 is 19.1 Å². The topological polar surface area (TPSA) is 84.5 Å². The number of rotatable bonds is 8. The lowest BCUT2D eigenvalue weighted by Crippen LogP contribution is -2.52. The van der Waals surface area contributed by atoms with Gasteiger partial charge in [-0.05, 0) is 54.4 Å². The molecule has 0 aliphatic heterocycles. The van der Waals surface area contributed by atoms with E-state index in [2.05, 4.69) is 10.6 Å². The molecule has 0 aromatic rings. The van der Waals surface area contributed by atoms with Crippen molar-refractivity contribution in [1.29, 1.82) is 0 Å². The first-order valence-corrected chi connectivity index (χ1v) is 9.73. The number of ether oxygens (including phenoxy) is 1. The second-order valence-corrected chi connectivity index (χ2v) is 9.40. The molecular formula is C18H34N2O4S. The Labute approximate surface area is 156 Å². The van der Waals surface area contributed by atoms with Crippen molar-refractivity contribution in [3.8, 4) is 0 Å². The average molecular weight is 375 g/mol. The van der Waals surface area contributed by atoms with E-state index in [1.54, 1.807) is 27.7 Å². The first kappa shape index (κ1) is 23.8. The van der Waals surface area contributed by atoms with Gasteiger partial charge in [0.15, 0.2) is 5.12 Å². The van der Waals surface area contributed by atoms with Crippen molar-refractivity contribution in [2.75, 3.05) is 5.75 Å². The zero-order valence-electron chi connectivity index (χ0n) is 16.7. The van der Waals surface area contributed by atoms with Gasteiger partial charge in [-0.15, -0.1) is 0 Å². The average Bonchev–Trinajstić information content (AvgIpc) is 2.36. The van der Waals surface area contributed by atoms with E-state index in [9.17, 15) is 14.4 Å². The van der Waals surface area contributed by atoms with E-state index >= 15 is 0 Å². The molecule has 0 radical (unpaired) electrons. The van der Waals surface area contributed by atoms with Gasteiger partial charge in [-0.25, -0.2) is 4.79 Å². The number of thioether (sulfide) groups is 1. The number of carbonyl (C=O) groups is 3. The minimum absolute atomic E-state index is 0.119. The van der Waals surface area contributed by atoms with E-state index in [0.29, 0.717) is 6.42 Å². The summed E-state index contributed by atoms with van der Waals surface area (Å²) >= 11 is 1.31. The van der Waals surface area contributed by atoms with Crippen molar-refractivity contribution in [3.63, 3.8) is 0 Å². The molecule has 0 aliphatic rings. The summed E-state index contributed by atoms with van der Waals surface area (Å²) in [5.74, 6) is 0.574. The smallest absolute Gasteiger partial charge is 0.408 e. The molecular weight excluding hydrogens is 340 g/mol. The number of amides is 2. The minimum atomic E-state index is -0.630. The van der Waals surface area contributed by atoms with E-state index in [-0.39, 0.29) is 16.6 Å². The van der Waals surface area contributed by atoms with E-state index in [1.807, 2.05) is 20.8 Å². The van der Waals surface area contributed by atoms with E-state index in [0.717, 1.165) is 25.0 Å².